The zero-order valence-corrected chi connectivity index (χ0v) is 23.8. The van der Waals surface area contributed by atoms with Crippen LogP contribution in [-0.4, -0.2) is 22.4 Å². The van der Waals surface area contributed by atoms with E-state index in [9.17, 15) is 4.79 Å². The van der Waals surface area contributed by atoms with Gasteiger partial charge in [-0.05, 0) is 105 Å². The Morgan fingerprint density at radius 1 is 0.921 bits per heavy atom. The Labute approximate surface area is 239 Å². The third kappa shape index (κ3) is 5.17. The van der Waals surface area contributed by atoms with Gasteiger partial charge in [0.25, 0.3) is 0 Å². The Kier molecular flexibility index (Phi) is 7.36. The predicted molar refractivity (Wildman–Crippen MR) is 154 cm³/mol. The molecule has 0 spiro atoms. The van der Waals surface area contributed by atoms with E-state index in [1.54, 1.807) is 12.1 Å². The first kappa shape index (κ1) is 26.0. The number of carbonyl (C=O) groups is 1. The van der Waals surface area contributed by atoms with Gasteiger partial charge in [-0.25, -0.2) is 9.48 Å². The van der Waals surface area contributed by atoms with Crippen LogP contribution < -0.4 is 10.6 Å². The normalized spacial score (nSPS) is 25.5. The molecule has 4 aliphatic carbocycles. The molecule has 1 heterocycles. The molecule has 2 N–H and O–H groups in total. The smallest absolute Gasteiger partial charge is 0.315 e. The first-order valence-corrected chi connectivity index (χ1v) is 14.8. The van der Waals surface area contributed by atoms with Crippen molar-refractivity contribution >= 4 is 40.8 Å². The lowest BCUT2D eigenvalue weighted by Crippen LogP contribution is -2.46. The van der Waals surface area contributed by atoms with Crippen LogP contribution >= 0.6 is 34.8 Å². The number of urea groups is 1. The Morgan fingerprint density at radius 3 is 2.24 bits per heavy atom. The van der Waals surface area contributed by atoms with Gasteiger partial charge in [-0.15, -0.1) is 0 Å². The van der Waals surface area contributed by atoms with E-state index in [2.05, 4.69) is 10.6 Å². The number of carbonyl (C=O) groups excluding carboxylic acids is 1. The highest BCUT2D eigenvalue weighted by molar-refractivity contribution is 6.35. The fraction of sp³-hybridized carbons (Fsp3) is 0.467. The van der Waals surface area contributed by atoms with Crippen molar-refractivity contribution in [1.29, 1.82) is 0 Å². The molecule has 4 saturated carbocycles. The molecule has 2 aromatic carbocycles. The molecule has 4 fully saturated rings. The largest absolute Gasteiger partial charge is 0.338 e. The highest BCUT2D eigenvalue weighted by atomic mass is 35.5. The molecule has 200 valence electrons. The van der Waals surface area contributed by atoms with Crippen molar-refractivity contribution in [2.24, 2.45) is 29.6 Å². The molecule has 0 radical (unpaired) electrons. The van der Waals surface area contributed by atoms with E-state index < -0.39 is 0 Å². The van der Waals surface area contributed by atoms with Gasteiger partial charge in [-0.1, -0.05) is 46.9 Å². The van der Waals surface area contributed by atoms with Crippen LogP contribution in [-0.2, 0) is 6.54 Å². The van der Waals surface area contributed by atoms with Crippen LogP contribution in [0.25, 0.3) is 16.9 Å². The average Bonchev–Trinajstić information content (AvgIpc) is 3.20. The first-order valence-electron chi connectivity index (χ1n) is 13.7. The summed E-state index contributed by atoms with van der Waals surface area (Å²) in [6.45, 7) is 3.05. The second-order valence-electron chi connectivity index (χ2n) is 11.4. The van der Waals surface area contributed by atoms with Crippen LogP contribution in [0.15, 0.2) is 42.5 Å². The van der Waals surface area contributed by atoms with Crippen molar-refractivity contribution in [3.8, 4) is 16.9 Å². The number of hydrogen-bond acceptors (Lipinski definition) is 2. The fourth-order valence-electron chi connectivity index (χ4n) is 7.57. The molecular formula is C30H33Cl3N4O. The maximum atomic E-state index is 12.7. The summed E-state index contributed by atoms with van der Waals surface area (Å²) >= 11 is 18.8. The van der Waals surface area contributed by atoms with Gasteiger partial charge in [-0.3, -0.25) is 0 Å². The molecule has 4 bridgehead atoms. The third-order valence-electron chi connectivity index (χ3n) is 9.08. The van der Waals surface area contributed by atoms with Gasteiger partial charge in [0.1, 0.15) is 0 Å². The summed E-state index contributed by atoms with van der Waals surface area (Å²) in [4.78, 5) is 12.7. The molecule has 5 nitrogen and oxygen atoms in total. The Bertz CT molecular complexity index is 1310. The minimum Gasteiger partial charge on any atom is -0.338 e. The molecule has 0 unspecified atom stereocenters. The number of aromatic nitrogens is 2. The third-order valence-corrected chi connectivity index (χ3v) is 9.87. The second-order valence-corrected chi connectivity index (χ2v) is 12.7. The molecule has 0 saturated heterocycles. The van der Waals surface area contributed by atoms with E-state index in [-0.39, 0.29) is 6.03 Å². The molecular weight excluding hydrogens is 539 g/mol. The summed E-state index contributed by atoms with van der Waals surface area (Å²) < 4.78 is 1.82. The van der Waals surface area contributed by atoms with E-state index in [4.69, 9.17) is 39.9 Å². The number of amides is 2. The first-order chi connectivity index (χ1) is 18.4. The second kappa shape index (κ2) is 10.7. The number of halogens is 3. The van der Waals surface area contributed by atoms with Crippen molar-refractivity contribution in [3.63, 3.8) is 0 Å². The zero-order valence-electron chi connectivity index (χ0n) is 21.5. The fourth-order valence-corrected chi connectivity index (χ4v) is 8.19. The number of nitrogens with zero attached hydrogens (tertiary/aromatic N) is 2. The van der Waals surface area contributed by atoms with Crippen molar-refractivity contribution in [2.75, 3.05) is 6.54 Å². The highest BCUT2D eigenvalue weighted by Gasteiger charge is 2.47. The van der Waals surface area contributed by atoms with Gasteiger partial charge in [0.2, 0.25) is 0 Å². The topological polar surface area (TPSA) is 59.0 Å². The minimum absolute atomic E-state index is 0.152. The lowest BCUT2D eigenvalue weighted by Gasteiger charge is -2.54. The van der Waals surface area contributed by atoms with E-state index in [0.717, 1.165) is 70.8 Å². The predicted octanol–water partition coefficient (Wildman–Crippen LogP) is 8.07. The van der Waals surface area contributed by atoms with Crippen molar-refractivity contribution < 1.29 is 4.79 Å². The summed E-state index contributed by atoms with van der Waals surface area (Å²) in [6.07, 6.45) is 8.22. The maximum Gasteiger partial charge on any atom is 0.315 e. The van der Waals surface area contributed by atoms with E-state index >= 15 is 0 Å². The monoisotopic (exact) mass is 570 g/mol. The van der Waals surface area contributed by atoms with Crippen molar-refractivity contribution in [1.82, 2.24) is 20.4 Å². The number of benzene rings is 2. The van der Waals surface area contributed by atoms with Gasteiger partial charge >= 0.3 is 6.03 Å². The van der Waals surface area contributed by atoms with E-state index in [1.807, 2.05) is 41.9 Å². The molecule has 7 rings (SSSR count). The lowest BCUT2D eigenvalue weighted by atomic mass is 9.51. The van der Waals surface area contributed by atoms with E-state index in [1.165, 1.54) is 32.1 Å². The van der Waals surface area contributed by atoms with E-state index in [0.29, 0.717) is 21.6 Å². The molecule has 38 heavy (non-hydrogen) atoms. The number of hydrogen-bond donors (Lipinski definition) is 2. The van der Waals surface area contributed by atoms with Gasteiger partial charge in [0.15, 0.2) is 0 Å². The van der Waals surface area contributed by atoms with Crippen LogP contribution in [0.1, 0.15) is 49.8 Å². The van der Waals surface area contributed by atoms with Gasteiger partial charge < -0.3 is 10.6 Å². The molecule has 0 atom stereocenters. The summed E-state index contributed by atoms with van der Waals surface area (Å²) in [7, 11) is 0. The Morgan fingerprint density at radius 2 is 1.58 bits per heavy atom. The van der Waals surface area contributed by atoms with Crippen LogP contribution in [0.5, 0.6) is 0 Å². The van der Waals surface area contributed by atoms with Gasteiger partial charge in [0.05, 0.1) is 28.6 Å². The molecule has 1 aromatic heterocycles. The molecule has 4 aliphatic rings. The van der Waals surface area contributed by atoms with Crippen molar-refractivity contribution in [2.45, 2.75) is 52.0 Å². The number of nitrogens with one attached hydrogen (secondary N) is 2. The summed E-state index contributed by atoms with van der Waals surface area (Å²) in [6, 6.07) is 12.8. The quantitative estimate of drug-likeness (QED) is 0.301. The Balaban J connectivity index is 1.13. The maximum absolute atomic E-state index is 12.7. The van der Waals surface area contributed by atoms with Gasteiger partial charge in [-0.2, -0.15) is 5.10 Å². The van der Waals surface area contributed by atoms with Crippen LogP contribution in [0.2, 0.25) is 15.1 Å². The van der Waals surface area contributed by atoms with Crippen molar-refractivity contribution in [3.05, 3.63) is 68.8 Å². The summed E-state index contributed by atoms with van der Waals surface area (Å²) in [5.74, 6) is 4.51. The Hall–Kier alpha value is -2.21. The number of rotatable bonds is 7. The van der Waals surface area contributed by atoms with Crippen LogP contribution in [0.4, 0.5) is 4.79 Å². The summed E-state index contributed by atoms with van der Waals surface area (Å²) in [5.41, 5.74) is 4.31. The average molecular weight is 572 g/mol. The molecule has 0 aliphatic heterocycles. The van der Waals surface area contributed by atoms with Crippen LogP contribution in [0, 0.1) is 36.5 Å². The zero-order chi connectivity index (χ0) is 26.4. The van der Waals surface area contributed by atoms with Gasteiger partial charge in [0, 0.05) is 27.7 Å². The molecule has 2 amide bonds. The summed E-state index contributed by atoms with van der Waals surface area (Å²) in [5, 5.41) is 12.7. The minimum atomic E-state index is -0.152. The SMILES string of the molecule is Cc1c(CNC(=O)NCCC2[C@H]3C[C@@H]4C[C@@H](C[C@H]2C4)C3)nn(-c2ccc(Cl)cc2Cl)c1-c1ccc(Cl)cc1. The van der Waals surface area contributed by atoms with Crippen LogP contribution in [0.3, 0.4) is 0 Å². The molecule has 8 heteroatoms. The highest BCUT2D eigenvalue weighted by Crippen LogP contribution is 2.57. The molecule has 3 aromatic rings. The standard InChI is InChI=1S/C30H33Cl3N4O/c1-17-27(16-35-30(38)34-9-8-25-21-11-18-10-19(13-21)14-22(25)12-18)36-37(28-7-6-24(32)15-26(28)33)29(17)20-2-4-23(31)5-3-20/h2-7,15,18-19,21-22,25H,8-14,16H2,1H3,(H2,34,35,38)/t18-,19+,21-,22+,25?. The lowest BCUT2D eigenvalue weighted by molar-refractivity contribution is -0.0390.